The summed E-state index contributed by atoms with van der Waals surface area (Å²) in [6.07, 6.45) is 3.57. The molecule has 2 nitrogen and oxygen atoms in total. The maximum atomic E-state index is 5.93. The molecule has 0 aliphatic carbocycles. The summed E-state index contributed by atoms with van der Waals surface area (Å²) in [5.41, 5.74) is 7.76. The molecular weight excluding hydrogens is 232 g/mol. The molecule has 0 radical (unpaired) electrons. The summed E-state index contributed by atoms with van der Waals surface area (Å²) >= 11 is 0. The van der Waals surface area contributed by atoms with Crippen molar-refractivity contribution in [2.45, 2.75) is 39.2 Å². The maximum Gasteiger partial charge on any atom is 0.00695 e. The highest BCUT2D eigenvalue weighted by Gasteiger charge is 2.41. The molecule has 1 fully saturated rings. The Balaban J connectivity index is 2.21. The van der Waals surface area contributed by atoms with Gasteiger partial charge in [0.2, 0.25) is 0 Å². The predicted octanol–water partition coefficient (Wildman–Crippen LogP) is 2.92. The fourth-order valence-electron chi connectivity index (χ4n) is 3.72. The molecular formula is C17H28N2. The van der Waals surface area contributed by atoms with Crippen molar-refractivity contribution < 1.29 is 0 Å². The highest BCUT2D eigenvalue weighted by Crippen LogP contribution is 2.44. The number of likely N-dealkylation sites (tertiary alicyclic amines) is 1. The van der Waals surface area contributed by atoms with Crippen molar-refractivity contribution in [3.63, 3.8) is 0 Å². The molecule has 1 aliphatic heterocycles. The molecule has 1 heterocycles. The Kier molecular flexibility index (Phi) is 4.64. The summed E-state index contributed by atoms with van der Waals surface area (Å²) in [4.78, 5) is 2.49. The topological polar surface area (TPSA) is 29.3 Å². The molecule has 1 saturated heterocycles. The van der Waals surface area contributed by atoms with Crippen LogP contribution in [0.15, 0.2) is 30.3 Å². The van der Waals surface area contributed by atoms with Gasteiger partial charge in [0.25, 0.3) is 0 Å². The largest absolute Gasteiger partial charge is 0.330 e. The maximum absolute atomic E-state index is 5.93. The van der Waals surface area contributed by atoms with Crippen molar-refractivity contribution in [1.82, 2.24) is 4.90 Å². The van der Waals surface area contributed by atoms with Crippen LogP contribution in [-0.2, 0) is 6.42 Å². The Labute approximate surface area is 118 Å². The Morgan fingerprint density at radius 3 is 2.58 bits per heavy atom. The Hall–Kier alpha value is -0.860. The van der Waals surface area contributed by atoms with Crippen LogP contribution < -0.4 is 5.73 Å². The zero-order valence-corrected chi connectivity index (χ0v) is 12.6. The van der Waals surface area contributed by atoms with E-state index in [9.17, 15) is 0 Å². The van der Waals surface area contributed by atoms with Crippen LogP contribution in [0.3, 0.4) is 0 Å². The fraction of sp³-hybridized carbons (Fsp3) is 0.647. The number of piperidine rings is 1. The molecule has 2 rings (SSSR count). The number of benzene rings is 1. The van der Waals surface area contributed by atoms with Gasteiger partial charge in [-0.25, -0.2) is 0 Å². The van der Waals surface area contributed by atoms with E-state index in [0.717, 1.165) is 13.0 Å². The van der Waals surface area contributed by atoms with Crippen molar-refractivity contribution >= 4 is 0 Å². The van der Waals surface area contributed by atoms with E-state index in [1.54, 1.807) is 0 Å². The number of nitrogens with two attached hydrogens (primary N) is 1. The first kappa shape index (κ1) is 14.5. The Morgan fingerprint density at radius 2 is 1.95 bits per heavy atom. The molecule has 0 aromatic heterocycles. The first-order chi connectivity index (χ1) is 9.07. The molecule has 3 atom stereocenters. The van der Waals surface area contributed by atoms with Crippen LogP contribution >= 0.6 is 0 Å². The van der Waals surface area contributed by atoms with E-state index in [-0.39, 0.29) is 0 Å². The normalized spacial score (nSPS) is 32.4. The molecule has 1 aromatic carbocycles. The second-order valence-corrected chi connectivity index (χ2v) is 6.46. The number of rotatable bonds is 4. The summed E-state index contributed by atoms with van der Waals surface area (Å²) in [5, 5.41) is 0. The third-order valence-corrected chi connectivity index (χ3v) is 5.10. The lowest BCUT2D eigenvalue weighted by molar-refractivity contribution is 0.0148. The zero-order chi connectivity index (χ0) is 13.9. The van der Waals surface area contributed by atoms with E-state index in [4.69, 9.17) is 5.73 Å². The van der Waals surface area contributed by atoms with Gasteiger partial charge in [0.05, 0.1) is 0 Å². The molecule has 106 valence electrons. The third-order valence-electron chi connectivity index (χ3n) is 5.10. The van der Waals surface area contributed by atoms with Crippen LogP contribution in [0.5, 0.6) is 0 Å². The minimum Gasteiger partial charge on any atom is -0.330 e. The van der Waals surface area contributed by atoms with Gasteiger partial charge in [-0.3, -0.25) is 0 Å². The number of nitrogens with zero attached hydrogens (tertiary/aromatic N) is 1. The molecule has 2 N–H and O–H groups in total. The molecule has 2 heteroatoms. The van der Waals surface area contributed by atoms with Gasteiger partial charge in [-0.2, -0.15) is 0 Å². The van der Waals surface area contributed by atoms with Gasteiger partial charge >= 0.3 is 0 Å². The van der Waals surface area contributed by atoms with E-state index >= 15 is 0 Å². The smallest absolute Gasteiger partial charge is 0.00695 e. The van der Waals surface area contributed by atoms with Crippen LogP contribution in [0.25, 0.3) is 0 Å². The molecule has 0 saturated carbocycles. The van der Waals surface area contributed by atoms with Gasteiger partial charge in [0.15, 0.2) is 0 Å². The first-order valence-electron chi connectivity index (χ1n) is 7.51. The minimum absolute atomic E-state index is 0.377. The van der Waals surface area contributed by atoms with Crippen molar-refractivity contribution in [3.05, 3.63) is 35.9 Å². The molecule has 1 aromatic rings. The third kappa shape index (κ3) is 3.18. The van der Waals surface area contributed by atoms with Gasteiger partial charge in [-0.15, -0.1) is 0 Å². The second kappa shape index (κ2) is 6.06. The lowest BCUT2D eigenvalue weighted by Gasteiger charge is -2.49. The number of hydrogen-bond donors (Lipinski definition) is 1. The molecule has 0 spiro atoms. The van der Waals surface area contributed by atoms with Crippen molar-refractivity contribution in [1.29, 1.82) is 0 Å². The average Bonchev–Trinajstić information content (AvgIpc) is 2.38. The summed E-state index contributed by atoms with van der Waals surface area (Å²) in [6.45, 7) is 6.74. The van der Waals surface area contributed by atoms with Crippen LogP contribution in [0.1, 0.15) is 32.3 Å². The highest BCUT2D eigenvalue weighted by atomic mass is 15.1. The van der Waals surface area contributed by atoms with E-state index in [1.165, 1.54) is 24.9 Å². The minimum atomic E-state index is 0.377. The zero-order valence-electron chi connectivity index (χ0n) is 12.6. The lowest BCUT2D eigenvalue weighted by Crippen LogP contribution is -2.50. The van der Waals surface area contributed by atoms with Crippen LogP contribution in [0.2, 0.25) is 0 Å². The average molecular weight is 260 g/mol. The predicted molar refractivity (Wildman–Crippen MR) is 82.1 cm³/mol. The molecule has 1 aliphatic rings. The molecule has 0 unspecified atom stereocenters. The van der Waals surface area contributed by atoms with E-state index in [2.05, 4.69) is 56.1 Å². The quantitative estimate of drug-likeness (QED) is 0.902. The van der Waals surface area contributed by atoms with Gasteiger partial charge in [-0.1, -0.05) is 37.3 Å². The summed E-state index contributed by atoms with van der Waals surface area (Å²) < 4.78 is 0. The van der Waals surface area contributed by atoms with E-state index < -0.39 is 0 Å². The highest BCUT2D eigenvalue weighted by molar-refractivity contribution is 5.17. The molecule has 0 bridgehead atoms. The van der Waals surface area contributed by atoms with E-state index in [0.29, 0.717) is 17.4 Å². The summed E-state index contributed by atoms with van der Waals surface area (Å²) in [5.74, 6) is 0.706. The second-order valence-electron chi connectivity index (χ2n) is 6.46. The Bertz CT molecular complexity index is 390. The van der Waals surface area contributed by atoms with Gasteiger partial charge in [0.1, 0.15) is 0 Å². The van der Waals surface area contributed by atoms with Gasteiger partial charge in [-0.05, 0) is 56.7 Å². The van der Waals surface area contributed by atoms with Crippen molar-refractivity contribution in [2.24, 2.45) is 17.1 Å². The van der Waals surface area contributed by atoms with Crippen molar-refractivity contribution in [3.8, 4) is 0 Å². The van der Waals surface area contributed by atoms with E-state index in [1.807, 2.05) is 0 Å². The lowest BCUT2D eigenvalue weighted by atomic mass is 9.64. The summed E-state index contributed by atoms with van der Waals surface area (Å²) in [6, 6.07) is 11.6. The SMILES string of the molecule is C[C@@H]1C[C@@](CCN)(Cc2ccccc2)[C@H](C)CN1C. The van der Waals surface area contributed by atoms with Crippen LogP contribution in [0, 0.1) is 11.3 Å². The van der Waals surface area contributed by atoms with Gasteiger partial charge in [0, 0.05) is 12.6 Å². The van der Waals surface area contributed by atoms with Gasteiger partial charge < -0.3 is 10.6 Å². The first-order valence-corrected chi connectivity index (χ1v) is 7.51. The van der Waals surface area contributed by atoms with Crippen LogP contribution in [0.4, 0.5) is 0 Å². The summed E-state index contributed by atoms with van der Waals surface area (Å²) in [7, 11) is 2.25. The fourth-order valence-corrected chi connectivity index (χ4v) is 3.72. The monoisotopic (exact) mass is 260 g/mol. The van der Waals surface area contributed by atoms with Crippen LogP contribution in [-0.4, -0.2) is 31.1 Å². The molecule has 19 heavy (non-hydrogen) atoms. The number of hydrogen-bond acceptors (Lipinski definition) is 2. The Morgan fingerprint density at radius 1 is 1.26 bits per heavy atom. The standard InChI is InChI=1S/C17H28N2/c1-14-13-19(3)15(2)11-17(14,9-10-18)12-16-7-5-4-6-8-16/h4-8,14-15H,9-13,18H2,1-3H3/t14-,15-,17+/m1/s1. The molecule has 0 amide bonds. The van der Waals surface area contributed by atoms with Crippen molar-refractivity contribution in [2.75, 3.05) is 20.1 Å².